The minimum Gasteiger partial charge on any atom is -0.484 e. The maximum Gasteiger partial charge on any atom is 0.313 e. The molecule has 1 N–H and O–H groups in total. The number of benzene rings is 1. The van der Waals surface area contributed by atoms with Gasteiger partial charge in [-0.3, -0.25) is 10.1 Å². The molecule has 1 aliphatic heterocycles. The Morgan fingerprint density at radius 3 is 2.95 bits per heavy atom. The summed E-state index contributed by atoms with van der Waals surface area (Å²) in [5.74, 6) is 0.293. The van der Waals surface area contributed by atoms with Crippen molar-refractivity contribution in [1.29, 1.82) is 0 Å². The Labute approximate surface area is 118 Å². The van der Waals surface area contributed by atoms with Crippen LogP contribution in [-0.4, -0.2) is 36.3 Å². The van der Waals surface area contributed by atoms with Crippen LogP contribution in [0.25, 0.3) is 0 Å². The largest absolute Gasteiger partial charge is 0.484 e. The molecule has 2 rings (SSSR count). The molecule has 0 radical (unpaired) electrons. The van der Waals surface area contributed by atoms with Gasteiger partial charge in [0, 0.05) is 18.7 Å². The molecule has 110 valence electrons. The zero-order chi connectivity index (χ0) is 14.8. The van der Waals surface area contributed by atoms with Crippen LogP contribution in [0.5, 0.6) is 5.75 Å². The molecule has 1 aromatic carbocycles. The second kappa shape index (κ2) is 5.76. The van der Waals surface area contributed by atoms with Crippen LogP contribution in [0.15, 0.2) is 18.2 Å². The maximum atomic E-state index is 11.1. The van der Waals surface area contributed by atoms with Gasteiger partial charge in [-0.1, -0.05) is 12.1 Å². The SMILES string of the molecule is Cc1cccc(OCC2CNCC(C)(C)O2)c1[N+](=O)[O-]. The minimum atomic E-state index is -0.408. The van der Waals surface area contributed by atoms with Crippen LogP contribution in [-0.2, 0) is 4.74 Å². The van der Waals surface area contributed by atoms with Crippen molar-refractivity contribution in [3.05, 3.63) is 33.9 Å². The third-order valence-corrected chi connectivity index (χ3v) is 3.22. The van der Waals surface area contributed by atoms with Crippen LogP contribution in [0.1, 0.15) is 19.4 Å². The van der Waals surface area contributed by atoms with E-state index in [1.54, 1.807) is 25.1 Å². The summed E-state index contributed by atoms with van der Waals surface area (Å²) >= 11 is 0. The van der Waals surface area contributed by atoms with Crippen LogP contribution in [0, 0.1) is 17.0 Å². The lowest BCUT2D eigenvalue weighted by Crippen LogP contribution is -2.52. The highest BCUT2D eigenvalue weighted by molar-refractivity contribution is 5.52. The van der Waals surface area contributed by atoms with Crippen molar-refractivity contribution >= 4 is 5.69 Å². The fraction of sp³-hybridized carbons (Fsp3) is 0.571. The van der Waals surface area contributed by atoms with Crippen LogP contribution in [0.2, 0.25) is 0 Å². The molecule has 1 aromatic rings. The van der Waals surface area contributed by atoms with Gasteiger partial charge in [0.25, 0.3) is 0 Å². The highest BCUT2D eigenvalue weighted by Gasteiger charge is 2.29. The number of nitro groups is 1. The Morgan fingerprint density at radius 1 is 1.55 bits per heavy atom. The summed E-state index contributed by atoms with van der Waals surface area (Å²) in [4.78, 5) is 10.7. The molecule has 0 aliphatic carbocycles. The first-order valence-corrected chi connectivity index (χ1v) is 6.64. The Balaban J connectivity index is 2.04. The standard InChI is InChI=1S/C14H20N2O4/c1-10-5-4-6-12(13(10)16(17)18)19-8-11-7-15-9-14(2,3)20-11/h4-6,11,15H,7-9H2,1-3H3. The molecule has 0 saturated carbocycles. The molecule has 0 amide bonds. The number of rotatable bonds is 4. The fourth-order valence-electron chi connectivity index (χ4n) is 2.33. The third kappa shape index (κ3) is 3.46. The van der Waals surface area contributed by atoms with E-state index in [9.17, 15) is 10.1 Å². The molecule has 1 aliphatic rings. The van der Waals surface area contributed by atoms with Crippen molar-refractivity contribution in [3.63, 3.8) is 0 Å². The summed E-state index contributed by atoms with van der Waals surface area (Å²) in [6.07, 6.45) is -0.112. The smallest absolute Gasteiger partial charge is 0.313 e. The number of ether oxygens (including phenoxy) is 2. The molecule has 20 heavy (non-hydrogen) atoms. The normalized spacial score (nSPS) is 21.4. The lowest BCUT2D eigenvalue weighted by Gasteiger charge is -2.36. The third-order valence-electron chi connectivity index (χ3n) is 3.22. The van der Waals surface area contributed by atoms with Gasteiger partial charge in [-0.2, -0.15) is 0 Å². The predicted molar refractivity (Wildman–Crippen MR) is 75.2 cm³/mol. The van der Waals surface area contributed by atoms with Crippen molar-refractivity contribution in [2.24, 2.45) is 0 Å². The van der Waals surface area contributed by atoms with E-state index in [0.717, 1.165) is 6.54 Å². The summed E-state index contributed by atoms with van der Waals surface area (Å²) in [5.41, 5.74) is 0.371. The lowest BCUT2D eigenvalue weighted by atomic mass is 10.1. The Kier molecular flexibility index (Phi) is 4.25. The Hall–Kier alpha value is -1.66. The molecule has 1 fully saturated rings. The Bertz CT molecular complexity index is 502. The number of hydrogen-bond acceptors (Lipinski definition) is 5. The van der Waals surface area contributed by atoms with Gasteiger partial charge < -0.3 is 14.8 Å². The average molecular weight is 280 g/mol. The summed E-state index contributed by atoms with van der Waals surface area (Å²) in [6.45, 7) is 7.47. The monoisotopic (exact) mass is 280 g/mol. The zero-order valence-electron chi connectivity index (χ0n) is 12.0. The van der Waals surface area contributed by atoms with Gasteiger partial charge in [0.2, 0.25) is 0 Å². The zero-order valence-corrected chi connectivity index (χ0v) is 12.0. The molecule has 0 spiro atoms. The fourth-order valence-corrected chi connectivity index (χ4v) is 2.33. The first kappa shape index (κ1) is 14.7. The maximum absolute atomic E-state index is 11.1. The highest BCUT2D eigenvalue weighted by atomic mass is 16.6. The molecule has 0 bridgehead atoms. The van der Waals surface area contributed by atoms with E-state index in [1.165, 1.54) is 0 Å². The quantitative estimate of drug-likeness (QED) is 0.675. The van der Waals surface area contributed by atoms with Crippen molar-refractivity contribution in [2.45, 2.75) is 32.5 Å². The van der Waals surface area contributed by atoms with Gasteiger partial charge in [0.05, 0.1) is 10.5 Å². The molecular weight excluding hydrogens is 260 g/mol. The van der Waals surface area contributed by atoms with E-state index in [-0.39, 0.29) is 17.4 Å². The second-order valence-electron chi connectivity index (χ2n) is 5.62. The molecule has 1 heterocycles. The van der Waals surface area contributed by atoms with E-state index in [1.807, 2.05) is 13.8 Å². The lowest BCUT2D eigenvalue weighted by molar-refractivity contribution is -0.386. The van der Waals surface area contributed by atoms with Crippen LogP contribution in [0.3, 0.4) is 0 Å². The molecule has 1 saturated heterocycles. The van der Waals surface area contributed by atoms with Crippen LogP contribution < -0.4 is 10.1 Å². The van der Waals surface area contributed by atoms with Gasteiger partial charge in [-0.25, -0.2) is 0 Å². The number of nitrogens with zero attached hydrogens (tertiary/aromatic N) is 1. The molecule has 1 atom stereocenters. The molecule has 6 heteroatoms. The van der Waals surface area contributed by atoms with E-state index >= 15 is 0 Å². The van der Waals surface area contributed by atoms with Crippen molar-refractivity contribution in [1.82, 2.24) is 5.32 Å². The van der Waals surface area contributed by atoms with Gasteiger partial charge >= 0.3 is 5.69 Å². The van der Waals surface area contributed by atoms with Crippen LogP contribution >= 0.6 is 0 Å². The summed E-state index contributed by atoms with van der Waals surface area (Å²) in [6, 6.07) is 5.07. The summed E-state index contributed by atoms with van der Waals surface area (Å²) < 4.78 is 11.5. The number of morpholine rings is 1. The van der Waals surface area contributed by atoms with E-state index < -0.39 is 4.92 Å². The number of nitrogens with one attached hydrogen (secondary N) is 1. The summed E-state index contributed by atoms with van der Waals surface area (Å²) in [7, 11) is 0. The van der Waals surface area contributed by atoms with Gasteiger partial charge in [-0.15, -0.1) is 0 Å². The van der Waals surface area contributed by atoms with E-state index in [4.69, 9.17) is 9.47 Å². The highest BCUT2D eigenvalue weighted by Crippen LogP contribution is 2.30. The van der Waals surface area contributed by atoms with E-state index in [0.29, 0.717) is 24.5 Å². The molecule has 1 unspecified atom stereocenters. The topological polar surface area (TPSA) is 73.6 Å². The number of hydrogen-bond donors (Lipinski definition) is 1. The molecular formula is C14H20N2O4. The van der Waals surface area contributed by atoms with Gasteiger partial charge in [0.1, 0.15) is 12.7 Å². The first-order chi connectivity index (χ1) is 9.39. The van der Waals surface area contributed by atoms with Crippen molar-refractivity contribution in [2.75, 3.05) is 19.7 Å². The van der Waals surface area contributed by atoms with Gasteiger partial charge in [-0.05, 0) is 26.8 Å². The van der Waals surface area contributed by atoms with Crippen molar-refractivity contribution in [3.8, 4) is 5.75 Å². The molecule has 0 aromatic heterocycles. The van der Waals surface area contributed by atoms with Crippen LogP contribution in [0.4, 0.5) is 5.69 Å². The minimum absolute atomic E-state index is 0.0236. The number of para-hydroxylation sites is 1. The number of nitro benzene ring substituents is 1. The summed E-state index contributed by atoms with van der Waals surface area (Å²) in [5, 5.41) is 14.3. The number of aryl methyl sites for hydroxylation is 1. The Morgan fingerprint density at radius 2 is 2.30 bits per heavy atom. The van der Waals surface area contributed by atoms with Crippen molar-refractivity contribution < 1.29 is 14.4 Å². The first-order valence-electron chi connectivity index (χ1n) is 6.64. The van der Waals surface area contributed by atoms with Gasteiger partial charge in [0.15, 0.2) is 5.75 Å². The predicted octanol–water partition coefficient (Wildman–Crippen LogP) is 2.05. The van der Waals surface area contributed by atoms with E-state index in [2.05, 4.69) is 5.32 Å². The second-order valence-corrected chi connectivity index (χ2v) is 5.62. The molecule has 6 nitrogen and oxygen atoms in total. The average Bonchev–Trinajstić information content (AvgIpc) is 2.34.